The molecule has 0 unspecified atom stereocenters. The number of pyridine rings is 1. The van der Waals surface area contributed by atoms with Crippen molar-refractivity contribution in [2.24, 2.45) is 0 Å². The average Bonchev–Trinajstić information content (AvgIpc) is 2.49. The zero-order valence-electron chi connectivity index (χ0n) is 11.5. The van der Waals surface area contributed by atoms with Gasteiger partial charge in [0.1, 0.15) is 5.82 Å². The number of aromatic nitrogens is 3. The molecule has 2 heterocycles. The lowest BCUT2D eigenvalue weighted by Gasteiger charge is -2.10. The summed E-state index contributed by atoms with van der Waals surface area (Å²) in [6, 6.07) is 5.74. The normalized spacial score (nSPS) is 10.3. The Morgan fingerprint density at radius 1 is 1.25 bits per heavy atom. The number of nitrogens with one attached hydrogen (secondary N) is 2. The van der Waals surface area contributed by atoms with Gasteiger partial charge in [-0.15, -0.1) is 0 Å². The van der Waals surface area contributed by atoms with E-state index in [1.54, 1.807) is 12.4 Å². The Morgan fingerprint density at radius 3 is 2.85 bits per heavy atom. The van der Waals surface area contributed by atoms with Crippen LogP contribution < -0.4 is 10.6 Å². The molecule has 0 fully saturated rings. The fourth-order valence-electron chi connectivity index (χ4n) is 1.74. The number of aliphatic hydroxyl groups excluding tert-OH is 1. The SMILES string of the molecule is CCNc1cc(-c2cccnc2)nc(NCCCO)n1. The first-order valence-electron chi connectivity index (χ1n) is 6.71. The van der Waals surface area contributed by atoms with Gasteiger partial charge in [0, 0.05) is 43.7 Å². The molecule has 2 aromatic heterocycles. The molecule has 0 atom stereocenters. The van der Waals surface area contributed by atoms with E-state index in [9.17, 15) is 0 Å². The van der Waals surface area contributed by atoms with Crippen molar-refractivity contribution in [3.05, 3.63) is 30.6 Å². The molecule has 2 rings (SSSR count). The number of anilines is 2. The number of hydrogen-bond acceptors (Lipinski definition) is 6. The van der Waals surface area contributed by atoms with Crippen LogP contribution in [0, 0.1) is 0 Å². The molecule has 0 amide bonds. The summed E-state index contributed by atoms with van der Waals surface area (Å²) in [7, 11) is 0. The van der Waals surface area contributed by atoms with Crippen LogP contribution in [-0.2, 0) is 0 Å². The molecular weight excluding hydrogens is 254 g/mol. The maximum Gasteiger partial charge on any atom is 0.225 e. The summed E-state index contributed by atoms with van der Waals surface area (Å²) in [4.78, 5) is 13.0. The highest BCUT2D eigenvalue weighted by Gasteiger charge is 2.06. The maximum atomic E-state index is 8.81. The monoisotopic (exact) mass is 273 g/mol. The molecule has 3 N–H and O–H groups in total. The molecule has 0 saturated carbocycles. The van der Waals surface area contributed by atoms with Crippen LogP contribution in [0.3, 0.4) is 0 Å². The van der Waals surface area contributed by atoms with Gasteiger partial charge < -0.3 is 15.7 Å². The molecule has 0 aliphatic carbocycles. The molecule has 0 bridgehead atoms. The smallest absolute Gasteiger partial charge is 0.225 e. The van der Waals surface area contributed by atoms with Crippen molar-refractivity contribution in [3.63, 3.8) is 0 Å². The van der Waals surface area contributed by atoms with Gasteiger partial charge >= 0.3 is 0 Å². The van der Waals surface area contributed by atoms with Crippen molar-refractivity contribution in [1.29, 1.82) is 0 Å². The Morgan fingerprint density at radius 2 is 2.15 bits per heavy atom. The highest BCUT2D eigenvalue weighted by molar-refractivity contribution is 5.63. The van der Waals surface area contributed by atoms with Crippen LogP contribution in [0.15, 0.2) is 30.6 Å². The molecule has 0 aromatic carbocycles. The van der Waals surface area contributed by atoms with Gasteiger partial charge in [0.25, 0.3) is 0 Å². The van der Waals surface area contributed by atoms with Crippen molar-refractivity contribution in [2.75, 3.05) is 30.3 Å². The van der Waals surface area contributed by atoms with E-state index in [0.29, 0.717) is 18.9 Å². The van der Waals surface area contributed by atoms with E-state index in [1.165, 1.54) is 0 Å². The largest absolute Gasteiger partial charge is 0.396 e. The quantitative estimate of drug-likeness (QED) is 0.667. The predicted molar refractivity (Wildman–Crippen MR) is 79.6 cm³/mol. The lowest BCUT2D eigenvalue weighted by Crippen LogP contribution is -2.09. The Kier molecular flexibility index (Phi) is 5.25. The number of hydrogen-bond donors (Lipinski definition) is 3. The second-order valence-corrected chi connectivity index (χ2v) is 4.24. The zero-order chi connectivity index (χ0) is 14.2. The highest BCUT2D eigenvalue weighted by atomic mass is 16.3. The van der Waals surface area contributed by atoms with Crippen LogP contribution in [0.5, 0.6) is 0 Å². The molecule has 0 spiro atoms. The van der Waals surface area contributed by atoms with Gasteiger partial charge in [0.05, 0.1) is 5.69 Å². The van der Waals surface area contributed by atoms with Crippen molar-refractivity contribution < 1.29 is 5.11 Å². The summed E-state index contributed by atoms with van der Waals surface area (Å²) >= 11 is 0. The molecule has 0 aliphatic rings. The van der Waals surface area contributed by atoms with Crippen LogP contribution in [0.25, 0.3) is 11.3 Å². The Bertz CT molecular complexity index is 532. The second kappa shape index (κ2) is 7.40. The van der Waals surface area contributed by atoms with Gasteiger partial charge in [0.15, 0.2) is 0 Å². The van der Waals surface area contributed by atoms with E-state index in [-0.39, 0.29) is 6.61 Å². The van der Waals surface area contributed by atoms with Gasteiger partial charge in [-0.05, 0) is 25.5 Å². The second-order valence-electron chi connectivity index (χ2n) is 4.24. The fourth-order valence-corrected chi connectivity index (χ4v) is 1.74. The Labute approximate surface area is 118 Å². The van der Waals surface area contributed by atoms with Crippen molar-refractivity contribution in [3.8, 4) is 11.3 Å². The minimum Gasteiger partial charge on any atom is -0.396 e. The van der Waals surface area contributed by atoms with E-state index >= 15 is 0 Å². The summed E-state index contributed by atoms with van der Waals surface area (Å²) in [5.74, 6) is 1.32. The van der Waals surface area contributed by atoms with E-state index < -0.39 is 0 Å². The van der Waals surface area contributed by atoms with E-state index in [0.717, 1.165) is 23.6 Å². The number of rotatable bonds is 7. The third kappa shape index (κ3) is 3.89. The molecule has 106 valence electrons. The summed E-state index contributed by atoms with van der Waals surface area (Å²) in [5.41, 5.74) is 1.76. The standard InChI is InChI=1S/C14H19N5O/c1-2-16-13-9-12(11-5-3-6-15-10-11)18-14(19-13)17-7-4-8-20/h3,5-6,9-10,20H,2,4,7-8H2,1H3,(H2,16,17,18,19). The highest BCUT2D eigenvalue weighted by Crippen LogP contribution is 2.20. The molecule has 0 radical (unpaired) electrons. The Hall–Kier alpha value is -2.21. The Balaban J connectivity index is 2.26. The van der Waals surface area contributed by atoms with Gasteiger partial charge in [-0.3, -0.25) is 4.98 Å². The first-order chi connectivity index (χ1) is 9.83. The lowest BCUT2D eigenvalue weighted by atomic mass is 10.2. The molecular formula is C14H19N5O. The first kappa shape index (κ1) is 14.2. The molecule has 0 saturated heterocycles. The van der Waals surface area contributed by atoms with Crippen molar-refractivity contribution in [1.82, 2.24) is 15.0 Å². The van der Waals surface area contributed by atoms with Crippen molar-refractivity contribution >= 4 is 11.8 Å². The maximum absolute atomic E-state index is 8.81. The minimum absolute atomic E-state index is 0.148. The summed E-state index contributed by atoms with van der Waals surface area (Å²) in [6.07, 6.45) is 4.17. The molecule has 20 heavy (non-hydrogen) atoms. The van der Waals surface area contributed by atoms with Crippen LogP contribution in [0.1, 0.15) is 13.3 Å². The first-order valence-corrected chi connectivity index (χ1v) is 6.71. The van der Waals surface area contributed by atoms with E-state index in [4.69, 9.17) is 5.11 Å². The van der Waals surface area contributed by atoms with Crippen LogP contribution in [0.4, 0.5) is 11.8 Å². The van der Waals surface area contributed by atoms with Crippen LogP contribution in [0.2, 0.25) is 0 Å². The lowest BCUT2D eigenvalue weighted by molar-refractivity contribution is 0.292. The van der Waals surface area contributed by atoms with Gasteiger partial charge in [-0.25, -0.2) is 4.98 Å². The van der Waals surface area contributed by atoms with Gasteiger partial charge in [-0.2, -0.15) is 4.98 Å². The molecule has 2 aromatic rings. The summed E-state index contributed by atoms with van der Waals surface area (Å²) in [6.45, 7) is 3.60. The third-order valence-electron chi connectivity index (χ3n) is 2.66. The van der Waals surface area contributed by atoms with Crippen molar-refractivity contribution in [2.45, 2.75) is 13.3 Å². The topological polar surface area (TPSA) is 83.0 Å². The molecule has 6 heteroatoms. The number of nitrogens with zero attached hydrogens (tertiary/aromatic N) is 3. The fraction of sp³-hybridized carbons (Fsp3) is 0.357. The minimum atomic E-state index is 0.148. The van der Waals surface area contributed by atoms with Gasteiger partial charge in [0.2, 0.25) is 5.95 Å². The number of aliphatic hydroxyl groups is 1. The van der Waals surface area contributed by atoms with E-state index in [1.807, 2.05) is 25.1 Å². The summed E-state index contributed by atoms with van der Waals surface area (Å²) in [5, 5.41) is 15.1. The third-order valence-corrected chi connectivity index (χ3v) is 2.66. The zero-order valence-corrected chi connectivity index (χ0v) is 11.5. The van der Waals surface area contributed by atoms with Crippen LogP contribution in [-0.4, -0.2) is 39.8 Å². The predicted octanol–water partition coefficient (Wildman–Crippen LogP) is 1.76. The van der Waals surface area contributed by atoms with Gasteiger partial charge in [-0.1, -0.05) is 0 Å². The van der Waals surface area contributed by atoms with E-state index in [2.05, 4.69) is 25.6 Å². The summed E-state index contributed by atoms with van der Waals surface area (Å²) < 4.78 is 0. The molecule has 0 aliphatic heterocycles. The average molecular weight is 273 g/mol. The molecule has 6 nitrogen and oxygen atoms in total. The van der Waals surface area contributed by atoms with Crippen LogP contribution >= 0.6 is 0 Å².